The number of thioether (sulfide) groups is 1. The minimum Gasteiger partial charge on any atom is -0.497 e. The van der Waals surface area contributed by atoms with Gasteiger partial charge in [0.25, 0.3) is 11.8 Å². The van der Waals surface area contributed by atoms with E-state index >= 15 is 0 Å². The number of ether oxygens (including phenoxy) is 1. The third-order valence-corrected chi connectivity index (χ3v) is 9.58. The first kappa shape index (κ1) is 34.9. The number of carbonyl (C=O) groups is 3. The van der Waals surface area contributed by atoms with E-state index in [1.807, 2.05) is 103 Å². The third kappa shape index (κ3) is 9.39. The van der Waals surface area contributed by atoms with Crippen molar-refractivity contribution >= 4 is 57.7 Å². The van der Waals surface area contributed by atoms with E-state index < -0.39 is 17.1 Å². The Morgan fingerprint density at radius 2 is 1.45 bits per heavy atom. The predicted molar refractivity (Wildman–Crippen MR) is 207 cm³/mol. The largest absolute Gasteiger partial charge is 0.497 e. The van der Waals surface area contributed by atoms with Gasteiger partial charge in [-0.1, -0.05) is 91.0 Å². The zero-order chi connectivity index (χ0) is 35.6. The standard InChI is InChI=1S/C41H34N4O4S2/c1-27(38(46)45-41-44-37(26-50-41)32-15-9-17-34(24-32)49-2)51-35-18-10-16-33(25-35)42-40(48)36(43-39(47)31-13-7-4-8-14-31)23-28-19-21-30(22-20-28)29-11-5-3-6-12-29/h3-27H,1-2H3,(H,42,48)(H,43,47)(H,44,45,46)/b36-23+. The molecule has 0 radical (unpaired) electrons. The fourth-order valence-corrected chi connectivity index (χ4v) is 6.72. The van der Waals surface area contributed by atoms with Crippen LogP contribution < -0.4 is 20.7 Å². The Kier molecular flexibility index (Phi) is 11.4. The van der Waals surface area contributed by atoms with Gasteiger partial charge >= 0.3 is 0 Å². The average Bonchev–Trinajstić information content (AvgIpc) is 3.64. The summed E-state index contributed by atoms with van der Waals surface area (Å²) in [7, 11) is 1.61. The molecule has 0 bridgehead atoms. The maximum atomic E-state index is 13.7. The van der Waals surface area contributed by atoms with Crippen molar-refractivity contribution in [2.75, 3.05) is 17.7 Å². The summed E-state index contributed by atoms with van der Waals surface area (Å²) in [6.07, 6.45) is 1.65. The van der Waals surface area contributed by atoms with Gasteiger partial charge in [-0.25, -0.2) is 4.98 Å². The van der Waals surface area contributed by atoms with E-state index in [0.717, 1.165) is 38.6 Å². The first-order valence-corrected chi connectivity index (χ1v) is 17.8. The Morgan fingerprint density at radius 1 is 0.765 bits per heavy atom. The number of nitrogens with one attached hydrogen (secondary N) is 3. The first-order chi connectivity index (χ1) is 24.8. The molecule has 0 spiro atoms. The molecule has 3 N–H and O–H groups in total. The summed E-state index contributed by atoms with van der Waals surface area (Å²) < 4.78 is 5.31. The Hall–Kier alpha value is -5.97. The number of rotatable bonds is 12. The molecule has 0 fully saturated rings. The van der Waals surface area contributed by atoms with Gasteiger partial charge < -0.3 is 20.7 Å². The molecule has 1 unspecified atom stereocenters. The Bertz CT molecular complexity index is 2170. The van der Waals surface area contributed by atoms with Gasteiger partial charge in [0.05, 0.1) is 18.1 Å². The third-order valence-electron chi connectivity index (χ3n) is 7.73. The highest BCUT2D eigenvalue weighted by Gasteiger charge is 2.19. The summed E-state index contributed by atoms with van der Waals surface area (Å²) >= 11 is 2.70. The van der Waals surface area contributed by atoms with Gasteiger partial charge in [0, 0.05) is 27.1 Å². The van der Waals surface area contributed by atoms with Crippen molar-refractivity contribution in [3.8, 4) is 28.1 Å². The lowest BCUT2D eigenvalue weighted by Gasteiger charge is -2.14. The van der Waals surface area contributed by atoms with Gasteiger partial charge in [-0.05, 0) is 72.2 Å². The van der Waals surface area contributed by atoms with Gasteiger partial charge in [0.15, 0.2) is 5.13 Å². The van der Waals surface area contributed by atoms with Gasteiger partial charge in [-0.3, -0.25) is 14.4 Å². The van der Waals surface area contributed by atoms with Crippen LogP contribution in [0, 0.1) is 0 Å². The van der Waals surface area contributed by atoms with Crippen LogP contribution in [0.15, 0.2) is 149 Å². The fraction of sp³-hybridized carbons (Fsp3) is 0.0732. The molecule has 3 amide bonds. The normalized spacial score (nSPS) is 11.7. The number of nitrogens with zero attached hydrogens (tertiary/aromatic N) is 1. The Labute approximate surface area is 304 Å². The summed E-state index contributed by atoms with van der Waals surface area (Å²) in [5.74, 6) is -0.367. The molecule has 0 saturated heterocycles. The monoisotopic (exact) mass is 710 g/mol. The molecule has 254 valence electrons. The predicted octanol–water partition coefficient (Wildman–Crippen LogP) is 9.01. The molecule has 10 heteroatoms. The van der Waals surface area contributed by atoms with Crippen molar-refractivity contribution in [1.29, 1.82) is 0 Å². The molecule has 1 aromatic heterocycles. The molecular weight excluding hydrogens is 677 g/mol. The van der Waals surface area contributed by atoms with E-state index in [1.165, 1.54) is 23.1 Å². The Morgan fingerprint density at radius 3 is 2.20 bits per heavy atom. The second kappa shape index (κ2) is 16.6. The minimum absolute atomic E-state index is 0.0823. The number of carbonyl (C=O) groups excluding carboxylic acids is 3. The maximum absolute atomic E-state index is 13.7. The number of aromatic nitrogens is 1. The van der Waals surface area contributed by atoms with Crippen LogP contribution in [0.1, 0.15) is 22.8 Å². The molecule has 1 atom stereocenters. The zero-order valence-corrected chi connectivity index (χ0v) is 29.5. The Balaban J connectivity index is 1.13. The van der Waals surface area contributed by atoms with Crippen LogP contribution in [0.2, 0.25) is 0 Å². The lowest BCUT2D eigenvalue weighted by Crippen LogP contribution is -2.30. The first-order valence-electron chi connectivity index (χ1n) is 16.1. The van der Waals surface area contributed by atoms with Gasteiger partial charge in [0.1, 0.15) is 11.4 Å². The number of hydrogen-bond donors (Lipinski definition) is 3. The molecule has 5 aromatic carbocycles. The SMILES string of the molecule is COc1cccc(-c2csc(NC(=O)C(C)Sc3cccc(NC(=O)/C(=C\c4ccc(-c5ccccc5)cc4)NC(=O)c4ccccc4)c3)n2)c1. The highest BCUT2D eigenvalue weighted by Crippen LogP contribution is 2.30. The van der Waals surface area contributed by atoms with E-state index in [4.69, 9.17) is 4.74 Å². The highest BCUT2D eigenvalue weighted by molar-refractivity contribution is 8.00. The lowest BCUT2D eigenvalue weighted by atomic mass is 10.0. The van der Waals surface area contributed by atoms with Crippen LogP contribution in [0.3, 0.4) is 0 Å². The van der Waals surface area contributed by atoms with E-state index in [0.29, 0.717) is 16.4 Å². The van der Waals surface area contributed by atoms with Crippen LogP contribution in [0.25, 0.3) is 28.5 Å². The van der Waals surface area contributed by atoms with E-state index in [2.05, 4.69) is 20.9 Å². The summed E-state index contributed by atoms with van der Waals surface area (Å²) in [4.78, 5) is 45.3. The second-order valence-electron chi connectivity index (χ2n) is 11.4. The van der Waals surface area contributed by atoms with Crippen LogP contribution in [0.5, 0.6) is 5.75 Å². The summed E-state index contributed by atoms with van der Waals surface area (Å²) in [5, 5.41) is 10.5. The molecule has 6 rings (SSSR count). The smallest absolute Gasteiger partial charge is 0.272 e. The second-order valence-corrected chi connectivity index (χ2v) is 13.6. The zero-order valence-electron chi connectivity index (χ0n) is 27.8. The summed E-state index contributed by atoms with van der Waals surface area (Å²) in [5.41, 5.74) is 5.52. The number of thiazole rings is 1. The topological polar surface area (TPSA) is 109 Å². The van der Waals surface area contributed by atoms with Gasteiger partial charge in [0.2, 0.25) is 5.91 Å². The van der Waals surface area contributed by atoms with Crippen molar-refractivity contribution in [2.24, 2.45) is 0 Å². The number of anilines is 2. The molecule has 6 aromatic rings. The van der Waals surface area contributed by atoms with Crippen molar-refractivity contribution in [3.05, 3.63) is 156 Å². The number of benzene rings is 5. The van der Waals surface area contributed by atoms with E-state index in [-0.39, 0.29) is 11.6 Å². The lowest BCUT2D eigenvalue weighted by molar-refractivity contribution is -0.115. The van der Waals surface area contributed by atoms with Crippen molar-refractivity contribution in [1.82, 2.24) is 10.3 Å². The number of hydrogen-bond acceptors (Lipinski definition) is 7. The molecule has 0 aliphatic heterocycles. The summed E-state index contributed by atoms with van der Waals surface area (Å²) in [6, 6.07) is 41.3. The average molecular weight is 711 g/mol. The van der Waals surface area contributed by atoms with Crippen LogP contribution in [-0.4, -0.2) is 35.1 Å². The molecule has 0 aliphatic carbocycles. The van der Waals surface area contributed by atoms with Crippen LogP contribution in [-0.2, 0) is 9.59 Å². The van der Waals surface area contributed by atoms with Gasteiger partial charge in [-0.2, -0.15) is 0 Å². The molecule has 51 heavy (non-hydrogen) atoms. The van der Waals surface area contributed by atoms with Crippen LogP contribution >= 0.6 is 23.1 Å². The fourth-order valence-electron chi connectivity index (χ4n) is 5.07. The molecular formula is C41H34N4O4S2. The van der Waals surface area contributed by atoms with Crippen molar-refractivity contribution < 1.29 is 19.1 Å². The van der Waals surface area contributed by atoms with E-state index in [9.17, 15) is 14.4 Å². The van der Waals surface area contributed by atoms with E-state index in [1.54, 1.807) is 55.7 Å². The summed E-state index contributed by atoms with van der Waals surface area (Å²) in [6.45, 7) is 1.81. The molecule has 0 aliphatic rings. The van der Waals surface area contributed by atoms with Crippen molar-refractivity contribution in [3.63, 3.8) is 0 Å². The molecule has 1 heterocycles. The number of amides is 3. The maximum Gasteiger partial charge on any atom is 0.272 e. The minimum atomic E-state index is -0.491. The molecule has 0 saturated carbocycles. The number of methoxy groups -OCH3 is 1. The van der Waals surface area contributed by atoms with Crippen molar-refractivity contribution in [2.45, 2.75) is 17.1 Å². The molecule has 8 nitrogen and oxygen atoms in total. The quantitative estimate of drug-likeness (QED) is 0.0864. The van der Waals surface area contributed by atoms with Gasteiger partial charge in [-0.15, -0.1) is 23.1 Å². The van der Waals surface area contributed by atoms with Crippen LogP contribution in [0.4, 0.5) is 10.8 Å². The highest BCUT2D eigenvalue weighted by atomic mass is 32.2.